The number of hydrogen-bond donors (Lipinski definition) is 1. The van der Waals surface area contributed by atoms with Gasteiger partial charge in [0.25, 0.3) is 0 Å². The van der Waals surface area contributed by atoms with E-state index in [0.717, 1.165) is 48.6 Å². The molecule has 0 atom stereocenters. The van der Waals surface area contributed by atoms with Gasteiger partial charge in [-0.3, -0.25) is 0 Å². The molecule has 4 heteroatoms. The highest BCUT2D eigenvalue weighted by atomic mass is 32.1. The third kappa shape index (κ3) is 4.57. The van der Waals surface area contributed by atoms with E-state index in [1.54, 1.807) is 11.3 Å². The average Bonchev–Trinajstić information content (AvgIpc) is 3.04. The van der Waals surface area contributed by atoms with Gasteiger partial charge in [-0.1, -0.05) is 30.3 Å². The van der Waals surface area contributed by atoms with Crippen LogP contribution in [0.5, 0.6) is 5.75 Å². The molecule has 3 aromatic rings. The molecule has 0 fully saturated rings. The van der Waals surface area contributed by atoms with Gasteiger partial charge in [-0.25, -0.2) is 4.98 Å². The number of para-hydroxylation sites is 1. The summed E-state index contributed by atoms with van der Waals surface area (Å²) < 4.78 is 5.70. The molecule has 0 unspecified atom stereocenters. The summed E-state index contributed by atoms with van der Waals surface area (Å²) in [4.78, 5) is 4.70. The highest BCUT2D eigenvalue weighted by Gasteiger charge is 2.05. The van der Waals surface area contributed by atoms with E-state index in [4.69, 9.17) is 15.5 Å². The van der Waals surface area contributed by atoms with Crippen molar-refractivity contribution in [3.63, 3.8) is 0 Å². The fourth-order valence-corrected chi connectivity index (χ4v) is 3.19. The second-order valence-corrected chi connectivity index (χ2v) is 6.31. The first-order valence-corrected chi connectivity index (χ1v) is 8.67. The smallest absolute Gasteiger partial charge is 0.119 e. The van der Waals surface area contributed by atoms with Crippen LogP contribution in [0.15, 0.2) is 60.0 Å². The fraction of sp³-hybridized carbons (Fsp3) is 0.211. The van der Waals surface area contributed by atoms with Crippen molar-refractivity contribution in [2.24, 2.45) is 0 Å². The fourth-order valence-electron chi connectivity index (χ4n) is 2.34. The SMILES string of the molecule is Nc1cccc(-c2csc(CCCCOc3ccccc3)n2)c1. The van der Waals surface area contributed by atoms with Crippen molar-refractivity contribution >= 4 is 17.0 Å². The van der Waals surface area contributed by atoms with Crippen LogP contribution in [0.2, 0.25) is 0 Å². The van der Waals surface area contributed by atoms with Gasteiger partial charge >= 0.3 is 0 Å². The van der Waals surface area contributed by atoms with Gasteiger partial charge < -0.3 is 10.5 Å². The van der Waals surface area contributed by atoms with Gasteiger partial charge in [-0.05, 0) is 43.5 Å². The minimum absolute atomic E-state index is 0.747. The molecule has 3 nitrogen and oxygen atoms in total. The number of ether oxygens (including phenoxy) is 1. The molecular formula is C19H20N2OS. The van der Waals surface area contributed by atoms with Crippen molar-refractivity contribution in [3.05, 3.63) is 65.0 Å². The van der Waals surface area contributed by atoms with E-state index < -0.39 is 0 Å². The maximum Gasteiger partial charge on any atom is 0.119 e. The van der Waals surface area contributed by atoms with Crippen LogP contribution >= 0.6 is 11.3 Å². The zero-order chi connectivity index (χ0) is 15.9. The predicted octanol–water partition coefficient (Wildman–Crippen LogP) is 4.79. The van der Waals surface area contributed by atoms with Crippen molar-refractivity contribution in [1.82, 2.24) is 4.98 Å². The van der Waals surface area contributed by atoms with E-state index >= 15 is 0 Å². The standard InChI is InChI=1S/C19H20N2OS/c20-16-8-6-7-15(13-16)18-14-23-19(21-18)11-4-5-12-22-17-9-2-1-3-10-17/h1-3,6-10,13-14H,4-5,11-12,20H2. The molecule has 2 aromatic carbocycles. The van der Waals surface area contributed by atoms with Gasteiger partial charge in [0.05, 0.1) is 17.3 Å². The number of nitrogens with zero attached hydrogens (tertiary/aromatic N) is 1. The Morgan fingerprint density at radius 1 is 1.00 bits per heavy atom. The van der Waals surface area contributed by atoms with Crippen molar-refractivity contribution in [1.29, 1.82) is 0 Å². The molecule has 0 spiro atoms. The van der Waals surface area contributed by atoms with Crippen LogP contribution in [0.1, 0.15) is 17.8 Å². The first-order valence-electron chi connectivity index (χ1n) is 7.79. The number of hydrogen-bond acceptors (Lipinski definition) is 4. The minimum atomic E-state index is 0.747. The van der Waals surface area contributed by atoms with Crippen molar-refractivity contribution in [2.45, 2.75) is 19.3 Å². The molecule has 0 aliphatic carbocycles. The van der Waals surface area contributed by atoms with Crippen LogP contribution < -0.4 is 10.5 Å². The van der Waals surface area contributed by atoms with Gasteiger partial charge in [-0.2, -0.15) is 0 Å². The third-order valence-corrected chi connectivity index (χ3v) is 4.44. The summed E-state index contributed by atoms with van der Waals surface area (Å²) >= 11 is 1.71. The van der Waals surface area contributed by atoms with E-state index in [1.807, 2.05) is 54.6 Å². The number of benzene rings is 2. The van der Waals surface area contributed by atoms with Gasteiger partial charge in [0.2, 0.25) is 0 Å². The molecule has 1 aromatic heterocycles. The Morgan fingerprint density at radius 2 is 1.87 bits per heavy atom. The van der Waals surface area contributed by atoms with Crippen LogP contribution in [-0.4, -0.2) is 11.6 Å². The maximum atomic E-state index is 5.83. The van der Waals surface area contributed by atoms with E-state index in [1.165, 1.54) is 5.01 Å². The van der Waals surface area contributed by atoms with E-state index in [9.17, 15) is 0 Å². The highest BCUT2D eigenvalue weighted by Crippen LogP contribution is 2.24. The van der Waals surface area contributed by atoms with E-state index in [2.05, 4.69) is 5.38 Å². The van der Waals surface area contributed by atoms with Crippen LogP contribution in [0.4, 0.5) is 5.69 Å². The summed E-state index contributed by atoms with van der Waals surface area (Å²) in [5.41, 5.74) is 8.69. The topological polar surface area (TPSA) is 48.1 Å². The van der Waals surface area contributed by atoms with Crippen molar-refractivity contribution in [2.75, 3.05) is 12.3 Å². The number of nitrogen functional groups attached to an aromatic ring is 1. The monoisotopic (exact) mass is 324 g/mol. The van der Waals surface area contributed by atoms with Crippen LogP contribution in [0.25, 0.3) is 11.3 Å². The van der Waals surface area contributed by atoms with Gasteiger partial charge in [0.1, 0.15) is 5.75 Å². The summed E-state index contributed by atoms with van der Waals surface area (Å²) in [5.74, 6) is 0.936. The largest absolute Gasteiger partial charge is 0.494 e. The Kier molecular flexibility index (Phi) is 5.27. The van der Waals surface area contributed by atoms with Gasteiger partial charge in [-0.15, -0.1) is 11.3 Å². The molecular weight excluding hydrogens is 304 g/mol. The Morgan fingerprint density at radius 3 is 2.70 bits per heavy atom. The van der Waals surface area contributed by atoms with E-state index in [-0.39, 0.29) is 0 Å². The number of rotatable bonds is 7. The summed E-state index contributed by atoms with van der Waals surface area (Å²) in [6.45, 7) is 0.747. The number of anilines is 1. The van der Waals surface area contributed by atoms with E-state index in [0.29, 0.717) is 0 Å². The number of aromatic nitrogens is 1. The molecule has 0 bridgehead atoms. The maximum absolute atomic E-state index is 5.83. The number of nitrogens with two attached hydrogens (primary N) is 1. The molecule has 0 saturated carbocycles. The Labute approximate surface area is 140 Å². The summed E-state index contributed by atoms with van der Waals surface area (Å²) in [6, 6.07) is 17.8. The second-order valence-electron chi connectivity index (χ2n) is 5.37. The molecule has 0 aliphatic heterocycles. The van der Waals surface area contributed by atoms with Crippen LogP contribution in [0.3, 0.4) is 0 Å². The quantitative estimate of drug-likeness (QED) is 0.502. The molecule has 1 heterocycles. The number of aryl methyl sites for hydroxylation is 1. The van der Waals surface area contributed by atoms with Gasteiger partial charge in [0.15, 0.2) is 0 Å². The molecule has 0 amide bonds. The summed E-state index contributed by atoms with van der Waals surface area (Å²) in [6.07, 6.45) is 3.10. The van der Waals surface area contributed by atoms with Crippen molar-refractivity contribution in [3.8, 4) is 17.0 Å². The Balaban J connectivity index is 1.44. The normalized spacial score (nSPS) is 10.6. The molecule has 2 N–H and O–H groups in total. The number of thiazole rings is 1. The Hall–Kier alpha value is -2.33. The molecule has 118 valence electrons. The molecule has 0 saturated heterocycles. The van der Waals surface area contributed by atoms with Crippen molar-refractivity contribution < 1.29 is 4.74 Å². The summed E-state index contributed by atoms with van der Waals surface area (Å²) in [5, 5.41) is 3.27. The average molecular weight is 324 g/mol. The summed E-state index contributed by atoms with van der Waals surface area (Å²) in [7, 11) is 0. The second kappa shape index (κ2) is 7.79. The number of unbranched alkanes of at least 4 members (excludes halogenated alkanes) is 1. The zero-order valence-electron chi connectivity index (χ0n) is 12.9. The molecule has 23 heavy (non-hydrogen) atoms. The van der Waals surface area contributed by atoms with Gasteiger partial charge in [0, 0.05) is 16.6 Å². The molecule has 0 radical (unpaired) electrons. The van der Waals surface area contributed by atoms with Crippen LogP contribution in [-0.2, 0) is 6.42 Å². The predicted molar refractivity (Wildman–Crippen MR) is 96.8 cm³/mol. The highest BCUT2D eigenvalue weighted by molar-refractivity contribution is 7.09. The third-order valence-electron chi connectivity index (χ3n) is 3.53. The lowest BCUT2D eigenvalue weighted by molar-refractivity contribution is 0.307. The molecule has 0 aliphatic rings. The van der Waals surface area contributed by atoms with Crippen LogP contribution in [0, 0.1) is 0 Å². The lowest BCUT2D eigenvalue weighted by Gasteiger charge is -2.04. The zero-order valence-corrected chi connectivity index (χ0v) is 13.8. The molecule has 3 rings (SSSR count). The lowest BCUT2D eigenvalue weighted by Crippen LogP contribution is -1.98. The lowest BCUT2D eigenvalue weighted by atomic mass is 10.1. The first-order chi connectivity index (χ1) is 11.3. The minimum Gasteiger partial charge on any atom is -0.494 e. The Bertz CT molecular complexity index is 740. The first kappa shape index (κ1) is 15.6.